The highest BCUT2D eigenvalue weighted by atomic mass is 32.1. The number of benzene rings is 2. The van der Waals surface area contributed by atoms with Crippen LogP contribution >= 0.6 is 11.3 Å². The van der Waals surface area contributed by atoms with Gasteiger partial charge in [-0.15, -0.1) is 11.3 Å². The van der Waals surface area contributed by atoms with Gasteiger partial charge in [0.2, 0.25) is 0 Å². The SMILES string of the molecule is O=C(Nc1cccc(OCc2csc3c(C(=O)O)cncc23)c1)c1ccccc1F. The van der Waals surface area contributed by atoms with Crippen LogP contribution < -0.4 is 10.1 Å². The first-order valence-corrected chi connectivity index (χ1v) is 9.77. The highest BCUT2D eigenvalue weighted by Gasteiger charge is 2.14. The van der Waals surface area contributed by atoms with E-state index >= 15 is 0 Å². The number of hydrogen-bond donors (Lipinski definition) is 2. The second kappa shape index (κ2) is 8.30. The second-order valence-electron chi connectivity index (χ2n) is 6.38. The third-order valence-corrected chi connectivity index (χ3v) is 5.47. The number of nitrogens with one attached hydrogen (secondary N) is 1. The summed E-state index contributed by atoms with van der Waals surface area (Å²) >= 11 is 1.32. The Morgan fingerprint density at radius 3 is 2.73 bits per heavy atom. The Balaban J connectivity index is 1.48. The van der Waals surface area contributed by atoms with Gasteiger partial charge >= 0.3 is 5.97 Å². The number of carbonyl (C=O) groups excluding carboxylic acids is 1. The zero-order chi connectivity index (χ0) is 21.1. The maximum absolute atomic E-state index is 13.8. The molecule has 2 aromatic carbocycles. The second-order valence-corrected chi connectivity index (χ2v) is 7.26. The minimum Gasteiger partial charge on any atom is -0.489 e. The van der Waals surface area contributed by atoms with Crippen LogP contribution in [0.15, 0.2) is 66.3 Å². The van der Waals surface area contributed by atoms with Gasteiger partial charge in [0.25, 0.3) is 5.91 Å². The summed E-state index contributed by atoms with van der Waals surface area (Å²) in [6.07, 6.45) is 2.94. The Kier molecular flexibility index (Phi) is 5.40. The number of halogens is 1. The van der Waals surface area contributed by atoms with Crippen molar-refractivity contribution in [1.82, 2.24) is 4.98 Å². The van der Waals surface area contributed by atoms with E-state index in [0.29, 0.717) is 16.1 Å². The maximum atomic E-state index is 13.8. The lowest BCUT2D eigenvalue weighted by Gasteiger charge is -2.09. The van der Waals surface area contributed by atoms with Gasteiger partial charge in [-0.25, -0.2) is 9.18 Å². The number of amides is 1. The summed E-state index contributed by atoms with van der Waals surface area (Å²) in [6, 6.07) is 12.5. The van der Waals surface area contributed by atoms with E-state index < -0.39 is 17.7 Å². The summed E-state index contributed by atoms with van der Waals surface area (Å²) in [7, 11) is 0. The molecule has 2 N–H and O–H groups in total. The fraction of sp³-hybridized carbons (Fsp3) is 0.0455. The summed E-state index contributed by atoms with van der Waals surface area (Å²) in [5, 5.41) is 14.5. The minimum absolute atomic E-state index is 0.0460. The van der Waals surface area contributed by atoms with Crippen molar-refractivity contribution in [2.24, 2.45) is 0 Å². The molecule has 4 aromatic rings. The molecule has 0 aliphatic rings. The van der Waals surface area contributed by atoms with E-state index in [-0.39, 0.29) is 17.7 Å². The van der Waals surface area contributed by atoms with E-state index in [0.717, 1.165) is 10.9 Å². The van der Waals surface area contributed by atoms with Crippen molar-refractivity contribution in [3.05, 3.63) is 88.8 Å². The van der Waals surface area contributed by atoms with Gasteiger partial charge in [0, 0.05) is 35.1 Å². The first-order chi connectivity index (χ1) is 14.5. The lowest BCUT2D eigenvalue weighted by molar-refractivity contribution is 0.0698. The van der Waals surface area contributed by atoms with E-state index in [1.165, 1.54) is 35.7 Å². The normalized spacial score (nSPS) is 10.7. The van der Waals surface area contributed by atoms with Gasteiger partial charge < -0.3 is 15.2 Å². The van der Waals surface area contributed by atoms with Gasteiger partial charge in [0.05, 0.1) is 15.8 Å². The largest absolute Gasteiger partial charge is 0.489 e. The number of hydrogen-bond acceptors (Lipinski definition) is 5. The molecular weight excluding hydrogens is 407 g/mol. The number of rotatable bonds is 6. The van der Waals surface area contributed by atoms with Crippen LogP contribution in [0.2, 0.25) is 0 Å². The smallest absolute Gasteiger partial charge is 0.338 e. The third-order valence-electron chi connectivity index (χ3n) is 4.40. The van der Waals surface area contributed by atoms with Crippen LogP contribution in [0.1, 0.15) is 26.3 Å². The first kappa shape index (κ1) is 19.5. The number of anilines is 1. The van der Waals surface area contributed by atoms with Crippen molar-refractivity contribution < 1.29 is 23.8 Å². The van der Waals surface area contributed by atoms with Crippen LogP contribution in [0.5, 0.6) is 5.75 Å². The first-order valence-electron chi connectivity index (χ1n) is 8.89. The molecule has 0 saturated heterocycles. The van der Waals surface area contributed by atoms with Crippen LogP contribution in [-0.4, -0.2) is 22.0 Å². The highest BCUT2D eigenvalue weighted by molar-refractivity contribution is 7.17. The van der Waals surface area contributed by atoms with Crippen molar-refractivity contribution in [2.45, 2.75) is 6.61 Å². The molecule has 8 heteroatoms. The summed E-state index contributed by atoms with van der Waals surface area (Å²) in [5.74, 6) is -1.67. The Labute approximate surface area is 174 Å². The molecule has 0 saturated carbocycles. The molecule has 150 valence electrons. The number of carboxylic acids is 1. The molecule has 1 amide bonds. The molecule has 0 atom stereocenters. The number of aromatic carboxylic acids is 1. The zero-order valence-corrected chi connectivity index (χ0v) is 16.3. The maximum Gasteiger partial charge on any atom is 0.338 e. The van der Waals surface area contributed by atoms with Gasteiger partial charge in [-0.05, 0) is 29.6 Å². The van der Waals surface area contributed by atoms with Crippen LogP contribution in [0.25, 0.3) is 10.1 Å². The van der Waals surface area contributed by atoms with Crippen molar-refractivity contribution >= 4 is 39.0 Å². The van der Waals surface area contributed by atoms with E-state index in [9.17, 15) is 19.1 Å². The van der Waals surface area contributed by atoms with E-state index in [2.05, 4.69) is 10.3 Å². The molecule has 0 bridgehead atoms. The number of carboxylic acid groups (broad SMARTS) is 1. The average Bonchev–Trinajstić information content (AvgIpc) is 3.16. The zero-order valence-electron chi connectivity index (χ0n) is 15.5. The number of ether oxygens (including phenoxy) is 1. The fourth-order valence-corrected chi connectivity index (χ4v) is 3.96. The standard InChI is InChI=1S/C22H15FN2O4S/c23-19-7-2-1-6-16(19)21(26)25-14-4-3-5-15(8-14)29-11-13-12-30-20-17(13)9-24-10-18(20)22(27)28/h1-10,12H,11H2,(H,25,26)(H,27,28). The highest BCUT2D eigenvalue weighted by Crippen LogP contribution is 2.29. The van der Waals surface area contributed by atoms with Crippen LogP contribution in [0.3, 0.4) is 0 Å². The molecular formula is C22H15FN2O4S. The monoisotopic (exact) mass is 422 g/mol. The summed E-state index contributed by atoms with van der Waals surface area (Å²) in [4.78, 5) is 27.6. The number of carbonyl (C=O) groups is 2. The molecule has 0 radical (unpaired) electrons. The van der Waals surface area contributed by atoms with Crippen molar-refractivity contribution in [1.29, 1.82) is 0 Å². The molecule has 2 aromatic heterocycles. The molecule has 6 nitrogen and oxygen atoms in total. The van der Waals surface area contributed by atoms with E-state index in [1.54, 1.807) is 36.5 Å². The van der Waals surface area contributed by atoms with Crippen LogP contribution in [-0.2, 0) is 6.61 Å². The van der Waals surface area contributed by atoms with Crippen LogP contribution in [0, 0.1) is 5.82 Å². The van der Waals surface area contributed by atoms with Gasteiger partial charge in [-0.1, -0.05) is 18.2 Å². The quantitative estimate of drug-likeness (QED) is 0.458. The van der Waals surface area contributed by atoms with Gasteiger partial charge in [-0.2, -0.15) is 0 Å². The Bertz CT molecular complexity index is 1250. The van der Waals surface area contributed by atoms with Gasteiger partial charge in [0.15, 0.2) is 0 Å². The molecule has 0 aliphatic carbocycles. The number of thiophene rings is 1. The van der Waals surface area contributed by atoms with Gasteiger partial charge in [-0.3, -0.25) is 9.78 Å². The molecule has 0 spiro atoms. The molecule has 4 rings (SSSR count). The molecule has 0 fully saturated rings. The predicted molar refractivity (Wildman–Crippen MR) is 112 cm³/mol. The topological polar surface area (TPSA) is 88.5 Å². The number of nitrogens with zero attached hydrogens (tertiary/aromatic N) is 1. The Hall–Kier alpha value is -3.78. The van der Waals surface area contributed by atoms with E-state index in [1.807, 2.05) is 5.38 Å². The molecule has 2 heterocycles. The lowest BCUT2D eigenvalue weighted by atomic mass is 10.2. The van der Waals surface area contributed by atoms with Crippen molar-refractivity contribution in [2.75, 3.05) is 5.32 Å². The Morgan fingerprint density at radius 1 is 1.10 bits per heavy atom. The number of aromatic nitrogens is 1. The summed E-state index contributed by atoms with van der Waals surface area (Å²) in [6.45, 7) is 0.204. The summed E-state index contributed by atoms with van der Waals surface area (Å²) in [5.41, 5.74) is 1.38. The third kappa shape index (κ3) is 3.99. The lowest BCUT2D eigenvalue weighted by Crippen LogP contribution is -2.13. The molecule has 0 aliphatic heterocycles. The average molecular weight is 422 g/mol. The number of fused-ring (bicyclic) bond motifs is 1. The predicted octanol–water partition coefficient (Wildman–Crippen LogP) is 4.96. The van der Waals surface area contributed by atoms with Gasteiger partial charge in [0.1, 0.15) is 18.2 Å². The molecule has 0 unspecified atom stereocenters. The van der Waals surface area contributed by atoms with Crippen molar-refractivity contribution in [3.63, 3.8) is 0 Å². The van der Waals surface area contributed by atoms with E-state index in [4.69, 9.17) is 4.74 Å². The fourth-order valence-electron chi connectivity index (χ4n) is 2.93. The van der Waals surface area contributed by atoms with Crippen molar-refractivity contribution in [3.8, 4) is 5.75 Å². The summed E-state index contributed by atoms with van der Waals surface area (Å²) < 4.78 is 20.2. The van der Waals surface area contributed by atoms with Crippen LogP contribution in [0.4, 0.5) is 10.1 Å². The minimum atomic E-state index is -1.03. The Morgan fingerprint density at radius 2 is 1.93 bits per heavy atom. The molecule has 30 heavy (non-hydrogen) atoms. The number of pyridine rings is 1.